The summed E-state index contributed by atoms with van der Waals surface area (Å²) in [7, 11) is 0. The lowest BCUT2D eigenvalue weighted by molar-refractivity contribution is -0.109. The predicted molar refractivity (Wildman–Crippen MR) is 70.2 cm³/mol. The van der Waals surface area contributed by atoms with Crippen molar-refractivity contribution in [1.29, 1.82) is 0 Å². The van der Waals surface area contributed by atoms with Gasteiger partial charge in [-0.2, -0.15) is 0 Å². The van der Waals surface area contributed by atoms with Crippen molar-refractivity contribution in [2.75, 3.05) is 5.75 Å². The molecular weight excluding hydrogens is 260 g/mol. The molecule has 0 spiro atoms. The predicted octanol–water partition coefficient (Wildman–Crippen LogP) is 2.40. The first-order valence-electron chi connectivity index (χ1n) is 5.26. The van der Waals surface area contributed by atoms with Crippen LogP contribution in [0.1, 0.15) is 25.0 Å². The van der Waals surface area contributed by atoms with Crippen molar-refractivity contribution in [3.05, 3.63) is 34.9 Å². The van der Waals surface area contributed by atoms with Crippen molar-refractivity contribution in [2.24, 2.45) is 0 Å². The maximum Gasteiger partial charge on any atom is 0.185 e. The van der Waals surface area contributed by atoms with Crippen LogP contribution >= 0.6 is 23.4 Å². The van der Waals surface area contributed by atoms with Crippen LogP contribution in [-0.2, 0) is 4.79 Å². The molecule has 1 aromatic carbocycles. The second-order valence-corrected chi connectivity index (χ2v) is 5.34. The molecule has 0 aliphatic heterocycles. The zero-order valence-corrected chi connectivity index (χ0v) is 11.0. The SMILES string of the molecule is CC(=O)SCCC(O)C(O)c1ccccc1Cl. The molecule has 0 aliphatic rings. The first kappa shape index (κ1) is 14.5. The molecule has 0 radical (unpaired) electrons. The summed E-state index contributed by atoms with van der Waals surface area (Å²) >= 11 is 7.05. The van der Waals surface area contributed by atoms with Gasteiger partial charge in [-0.05, 0) is 12.5 Å². The first-order chi connectivity index (χ1) is 8.02. The van der Waals surface area contributed by atoms with Gasteiger partial charge in [0, 0.05) is 23.3 Å². The van der Waals surface area contributed by atoms with Gasteiger partial charge in [0.05, 0.1) is 6.10 Å². The summed E-state index contributed by atoms with van der Waals surface area (Å²) in [5, 5.41) is 20.1. The molecule has 2 atom stereocenters. The second-order valence-electron chi connectivity index (χ2n) is 3.66. The number of aliphatic hydroxyl groups is 2. The topological polar surface area (TPSA) is 57.5 Å². The van der Waals surface area contributed by atoms with Gasteiger partial charge >= 0.3 is 0 Å². The van der Waals surface area contributed by atoms with Gasteiger partial charge in [-0.1, -0.05) is 41.6 Å². The largest absolute Gasteiger partial charge is 0.390 e. The van der Waals surface area contributed by atoms with E-state index in [0.717, 1.165) is 11.8 Å². The highest BCUT2D eigenvalue weighted by molar-refractivity contribution is 8.13. The third kappa shape index (κ3) is 4.68. The molecule has 1 rings (SSSR count). The lowest BCUT2D eigenvalue weighted by Crippen LogP contribution is -2.19. The average molecular weight is 275 g/mol. The van der Waals surface area contributed by atoms with Crippen LogP contribution in [0.5, 0.6) is 0 Å². The number of carbonyl (C=O) groups excluding carboxylic acids is 1. The van der Waals surface area contributed by atoms with Crippen LogP contribution in [0.4, 0.5) is 0 Å². The number of halogens is 1. The molecule has 5 heteroatoms. The summed E-state index contributed by atoms with van der Waals surface area (Å²) in [6.07, 6.45) is -1.59. The highest BCUT2D eigenvalue weighted by Crippen LogP contribution is 2.26. The van der Waals surface area contributed by atoms with E-state index in [0.29, 0.717) is 22.8 Å². The standard InChI is InChI=1S/C12H15ClO3S/c1-8(14)17-7-6-11(15)12(16)9-4-2-3-5-10(9)13/h2-5,11-12,15-16H,6-7H2,1H3. The first-order valence-corrected chi connectivity index (χ1v) is 6.62. The van der Waals surface area contributed by atoms with Crippen molar-refractivity contribution in [1.82, 2.24) is 0 Å². The van der Waals surface area contributed by atoms with Crippen LogP contribution in [0.3, 0.4) is 0 Å². The number of rotatable bonds is 5. The van der Waals surface area contributed by atoms with Crippen LogP contribution in [-0.4, -0.2) is 27.2 Å². The molecule has 0 aliphatic carbocycles. The smallest absolute Gasteiger partial charge is 0.185 e. The van der Waals surface area contributed by atoms with E-state index >= 15 is 0 Å². The van der Waals surface area contributed by atoms with Crippen LogP contribution in [0.25, 0.3) is 0 Å². The summed E-state index contributed by atoms with van der Waals surface area (Å²) in [4.78, 5) is 10.7. The average Bonchev–Trinajstić information content (AvgIpc) is 2.28. The number of thioether (sulfide) groups is 1. The minimum Gasteiger partial charge on any atom is -0.390 e. The number of carbonyl (C=O) groups is 1. The second kappa shape index (κ2) is 7.01. The monoisotopic (exact) mass is 274 g/mol. The van der Waals surface area contributed by atoms with Gasteiger partial charge in [0.1, 0.15) is 6.10 Å². The maximum atomic E-state index is 10.7. The Morgan fingerprint density at radius 3 is 2.65 bits per heavy atom. The number of benzene rings is 1. The lowest BCUT2D eigenvalue weighted by Gasteiger charge is -2.18. The highest BCUT2D eigenvalue weighted by atomic mass is 35.5. The van der Waals surface area contributed by atoms with Crippen molar-refractivity contribution >= 4 is 28.5 Å². The van der Waals surface area contributed by atoms with E-state index in [-0.39, 0.29) is 5.12 Å². The van der Waals surface area contributed by atoms with Gasteiger partial charge in [0.2, 0.25) is 0 Å². The number of hydrogen-bond acceptors (Lipinski definition) is 4. The molecule has 0 fully saturated rings. The molecule has 0 amide bonds. The van der Waals surface area contributed by atoms with Gasteiger partial charge in [0.15, 0.2) is 5.12 Å². The van der Waals surface area contributed by atoms with Gasteiger partial charge < -0.3 is 10.2 Å². The molecule has 3 nitrogen and oxygen atoms in total. The zero-order chi connectivity index (χ0) is 12.8. The van der Waals surface area contributed by atoms with Crippen LogP contribution in [0.2, 0.25) is 5.02 Å². The van der Waals surface area contributed by atoms with E-state index in [1.165, 1.54) is 6.92 Å². The third-order valence-corrected chi connectivity index (χ3v) is 3.50. The summed E-state index contributed by atoms with van der Waals surface area (Å²) in [5.41, 5.74) is 0.509. The van der Waals surface area contributed by atoms with Crippen LogP contribution in [0.15, 0.2) is 24.3 Å². The van der Waals surface area contributed by atoms with Crippen LogP contribution < -0.4 is 0 Å². The van der Waals surface area contributed by atoms with Gasteiger partial charge in [-0.3, -0.25) is 4.79 Å². The molecule has 0 saturated carbocycles. The van der Waals surface area contributed by atoms with E-state index in [1.807, 2.05) is 0 Å². The van der Waals surface area contributed by atoms with E-state index < -0.39 is 12.2 Å². The molecule has 2 N–H and O–H groups in total. The minimum atomic E-state index is -1.02. The Hall–Kier alpha value is -0.550. The molecular formula is C12H15ClO3S. The molecule has 0 saturated heterocycles. The Morgan fingerprint density at radius 2 is 2.06 bits per heavy atom. The Morgan fingerprint density at radius 1 is 1.41 bits per heavy atom. The van der Waals surface area contributed by atoms with Gasteiger partial charge in [0.25, 0.3) is 0 Å². The fourth-order valence-corrected chi connectivity index (χ4v) is 2.30. The van der Waals surface area contributed by atoms with E-state index in [4.69, 9.17) is 11.6 Å². The van der Waals surface area contributed by atoms with E-state index in [2.05, 4.69) is 0 Å². The molecule has 0 bridgehead atoms. The Bertz CT molecular complexity index is 384. The molecule has 1 aromatic rings. The van der Waals surface area contributed by atoms with Gasteiger partial charge in [-0.25, -0.2) is 0 Å². The molecule has 2 unspecified atom stereocenters. The number of hydrogen-bond donors (Lipinski definition) is 2. The zero-order valence-electron chi connectivity index (χ0n) is 9.47. The maximum absolute atomic E-state index is 10.7. The van der Waals surface area contributed by atoms with Crippen molar-refractivity contribution in [2.45, 2.75) is 25.6 Å². The van der Waals surface area contributed by atoms with Crippen molar-refractivity contribution < 1.29 is 15.0 Å². The fourth-order valence-electron chi connectivity index (χ4n) is 1.40. The molecule has 94 valence electrons. The molecule has 0 aromatic heterocycles. The number of aliphatic hydroxyl groups excluding tert-OH is 2. The van der Waals surface area contributed by atoms with Crippen molar-refractivity contribution in [3.63, 3.8) is 0 Å². The lowest BCUT2D eigenvalue weighted by atomic mass is 10.0. The van der Waals surface area contributed by atoms with Crippen LogP contribution in [0, 0.1) is 0 Å². The Labute approximate surface area is 110 Å². The van der Waals surface area contributed by atoms with Crippen molar-refractivity contribution in [3.8, 4) is 0 Å². The van der Waals surface area contributed by atoms with Gasteiger partial charge in [-0.15, -0.1) is 0 Å². The summed E-state index contributed by atoms with van der Waals surface area (Å²) in [6.45, 7) is 1.47. The Kier molecular flexibility index (Phi) is 5.98. The normalized spacial score (nSPS) is 14.4. The molecule has 0 heterocycles. The quantitative estimate of drug-likeness (QED) is 0.866. The summed E-state index contributed by atoms with van der Waals surface area (Å²) in [5.74, 6) is 0.484. The van der Waals surface area contributed by atoms with E-state index in [9.17, 15) is 15.0 Å². The van der Waals surface area contributed by atoms with E-state index in [1.54, 1.807) is 24.3 Å². The minimum absolute atomic E-state index is 0.00410. The highest BCUT2D eigenvalue weighted by Gasteiger charge is 2.20. The Balaban J connectivity index is 2.55. The fraction of sp³-hybridized carbons (Fsp3) is 0.417. The summed E-state index contributed by atoms with van der Waals surface area (Å²) < 4.78 is 0. The summed E-state index contributed by atoms with van der Waals surface area (Å²) in [6, 6.07) is 6.85. The third-order valence-electron chi connectivity index (χ3n) is 2.31. The molecule has 17 heavy (non-hydrogen) atoms.